The van der Waals surface area contributed by atoms with Crippen molar-refractivity contribution in [1.82, 2.24) is 0 Å². The standard InChI is InChI=1S/C28H38O7/c1-16(29)11-26(33)35-14-18-12-20-21-5-6-23(25(32)15-34-17(2)30)27(21,3)10-8-22(20)28(4)9-7-19(31)13-24(18)28/h7,9,13,16,18,20-23,29H,5-6,8,10-12,14-15H2,1-4H3/t16?,18-,20+,21+,22+,23-,27+,28-/m1/s1. The molecule has 7 nitrogen and oxygen atoms in total. The van der Waals surface area contributed by atoms with Crippen LogP contribution < -0.4 is 0 Å². The highest BCUT2D eigenvalue weighted by Crippen LogP contribution is 2.67. The van der Waals surface area contributed by atoms with Gasteiger partial charge in [0.15, 0.2) is 11.6 Å². The Morgan fingerprint density at radius 1 is 1.14 bits per heavy atom. The lowest BCUT2D eigenvalue weighted by atomic mass is 9.46. The van der Waals surface area contributed by atoms with Crippen molar-refractivity contribution in [2.24, 2.45) is 40.4 Å². The van der Waals surface area contributed by atoms with E-state index in [1.54, 1.807) is 19.1 Å². The van der Waals surface area contributed by atoms with Crippen LogP contribution in [-0.2, 0) is 28.7 Å². The first-order valence-corrected chi connectivity index (χ1v) is 12.9. The molecule has 0 spiro atoms. The van der Waals surface area contributed by atoms with Crippen LogP contribution in [0, 0.1) is 40.4 Å². The van der Waals surface area contributed by atoms with Crippen molar-refractivity contribution in [3.8, 4) is 0 Å². The van der Waals surface area contributed by atoms with Gasteiger partial charge in [-0.25, -0.2) is 0 Å². The Hall–Kier alpha value is -2.28. The Kier molecular flexibility index (Phi) is 7.11. The molecule has 0 aromatic carbocycles. The molecule has 8 atom stereocenters. The number of ether oxygens (including phenoxy) is 2. The van der Waals surface area contributed by atoms with Gasteiger partial charge in [0.1, 0.15) is 6.61 Å². The van der Waals surface area contributed by atoms with Crippen molar-refractivity contribution in [3.63, 3.8) is 0 Å². The number of hydrogen-bond donors (Lipinski definition) is 1. The fourth-order valence-electron chi connectivity index (χ4n) is 7.87. The third kappa shape index (κ3) is 4.76. The average Bonchev–Trinajstić information content (AvgIpc) is 3.13. The summed E-state index contributed by atoms with van der Waals surface area (Å²) < 4.78 is 10.6. The molecule has 3 saturated carbocycles. The Morgan fingerprint density at radius 3 is 2.57 bits per heavy atom. The molecule has 1 N–H and O–H groups in total. The van der Waals surface area contributed by atoms with Gasteiger partial charge in [0, 0.05) is 24.2 Å². The molecule has 4 rings (SSSR count). The maximum absolute atomic E-state index is 13.0. The second-order valence-electron chi connectivity index (χ2n) is 11.6. The first-order valence-electron chi connectivity index (χ1n) is 12.9. The van der Waals surface area contributed by atoms with Gasteiger partial charge in [0.2, 0.25) is 0 Å². The van der Waals surface area contributed by atoms with E-state index in [9.17, 15) is 24.3 Å². The van der Waals surface area contributed by atoms with E-state index in [4.69, 9.17) is 9.47 Å². The second kappa shape index (κ2) is 9.64. The third-order valence-electron chi connectivity index (χ3n) is 9.43. The van der Waals surface area contributed by atoms with E-state index < -0.39 is 18.0 Å². The molecule has 1 unspecified atom stereocenters. The molecular formula is C28H38O7. The molecule has 0 aromatic rings. The summed E-state index contributed by atoms with van der Waals surface area (Å²) in [4.78, 5) is 48.8. The largest absolute Gasteiger partial charge is 0.465 e. The normalized spacial score (nSPS) is 38.5. The van der Waals surface area contributed by atoms with Crippen molar-refractivity contribution in [2.45, 2.75) is 72.3 Å². The van der Waals surface area contributed by atoms with Crippen LogP contribution in [-0.4, -0.2) is 47.9 Å². The molecule has 0 amide bonds. The van der Waals surface area contributed by atoms with E-state index in [1.165, 1.54) is 6.92 Å². The van der Waals surface area contributed by atoms with Gasteiger partial charge >= 0.3 is 11.9 Å². The van der Waals surface area contributed by atoms with Crippen LogP contribution in [0.5, 0.6) is 0 Å². The summed E-state index contributed by atoms with van der Waals surface area (Å²) in [6.45, 7) is 7.33. The summed E-state index contributed by atoms with van der Waals surface area (Å²) in [5.41, 5.74) is 0.594. The van der Waals surface area contributed by atoms with Crippen LogP contribution in [0.3, 0.4) is 0 Å². The van der Waals surface area contributed by atoms with E-state index in [-0.39, 0.29) is 53.9 Å². The average molecular weight is 487 g/mol. The fourth-order valence-corrected chi connectivity index (χ4v) is 7.87. The highest BCUT2D eigenvalue weighted by atomic mass is 16.5. The molecule has 192 valence electrons. The number of aliphatic hydroxyl groups excluding tert-OH is 1. The predicted molar refractivity (Wildman–Crippen MR) is 128 cm³/mol. The number of esters is 2. The summed E-state index contributed by atoms with van der Waals surface area (Å²) in [6.07, 6.45) is 9.05. The number of Topliss-reactive ketones (excluding diaryl/α,β-unsaturated/α-hetero) is 1. The van der Waals surface area contributed by atoms with Crippen LogP contribution in [0.25, 0.3) is 0 Å². The van der Waals surface area contributed by atoms with Gasteiger partial charge in [-0.05, 0) is 79.9 Å². The van der Waals surface area contributed by atoms with Crippen molar-refractivity contribution in [3.05, 3.63) is 23.8 Å². The van der Waals surface area contributed by atoms with Gasteiger partial charge in [0.05, 0.1) is 19.1 Å². The number of allylic oxidation sites excluding steroid dienone is 3. The Morgan fingerprint density at radius 2 is 1.89 bits per heavy atom. The van der Waals surface area contributed by atoms with Crippen molar-refractivity contribution < 1.29 is 33.8 Å². The van der Waals surface area contributed by atoms with Gasteiger partial charge in [-0.3, -0.25) is 19.2 Å². The third-order valence-corrected chi connectivity index (χ3v) is 9.43. The summed E-state index contributed by atoms with van der Waals surface area (Å²) in [5.74, 6) is -0.0711. The molecule has 7 heteroatoms. The maximum Gasteiger partial charge on any atom is 0.308 e. The number of fused-ring (bicyclic) bond motifs is 5. The maximum atomic E-state index is 13.0. The zero-order valence-electron chi connectivity index (χ0n) is 21.2. The minimum atomic E-state index is -0.763. The Balaban J connectivity index is 1.58. The number of rotatable bonds is 7. The SMILES string of the molecule is CC(=O)OCC(=O)[C@H]1CC[C@H]2[C@@H]3C[C@H](COC(=O)CC(C)O)C4=CC(=O)C=C[C@]4(C)[C@H]3CC[C@]12C. The lowest BCUT2D eigenvalue weighted by Gasteiger charge is -2.58. The van der Waals surface area contributed by atoms with E-state index in [1.807, 2.05) is 6.08 Å². The number of aliphatic hydroxyl groups is 1. The number of hydrogen-bond acceptors (Lipinski definition) is 7. The smallest absolute Gasteiger partial charge is 0.308 e. The summed E-state index contributed by atoms with van der Waals surface area (Å²) in [7, 11) is 0. The predicted octanol–water partition coefficient (Wildman–Crippen LogP) is 3.58. The molecule has 0 aliphatic heterocycles. The zero-order chi connectivity index (χ0) is 25.5. The number of carbonyl (C=O) groups excluding carboxylic acids is 4. The molecule has 0 saturated heterocycles. The molecule has 0 heterocycles. The molecular weight excluding hydrogens is 448 g/mol. The zero-order valence-corrected chi connectivity index (χ0v) is 21.2. The minimum absolute atomic E-state index is 0.0121. The molecule has 4 aliphatic carbocycles. The minimum Gasteiger partial charge on any atom is -0.465 e. The fraction of sp³-hybridized carbons (Fsp3) is 0.714. The summed E-state index contributed by atoms with van der Waals surface area (Å²) >= 11 is 0. The molecule has 0 bridgehead atoms. The van der Waals surface area contributed by atoms with Gasteiger partial charge in [-0.1, -0.05) is 19.9 Å². The van der Waals surface area contributed by atoms with Crippen molar-refractivity contribution in [1.29, 1.82) is 0 Å². The highest BCUT2D eigenvalue weighted by Gasteiger charge is 2.61. The molecule has 35 heavy (non-hydrogen) atoms. The lowest BCUT2D eigenvalue weighted by molar-refractivity contribution is -0.149. The quantitative estimate of drug-likeness (QED) is 0.548. The van der Waals surface area contributed by atoms with Crippen LogP contribution in [0.4, 0.5) is 0 Å². The van der Waals surface area contributed by atoms with E-state index in [0.29, 0.717) is 17.8 Å². The monoisotopic (exact) mass is 486 g/mol. The topological polar surface area (TPSA) is 107 Å². The van der Waals surface area contributed by atoms with Crippen LogP contribution in [0.2, 0.25) is 0 Å². The molecule has 0 aromatic heterocycles. The summed E-state index contributed by atoms with van der Waals surface area (Å²) in [5, 5.41) is 9.53. The van der Waals surface area contributed by atoms with Crippen LogP contribution >= 0.6 is 0 Å². The van der Waals surface area contributed by atoms with E-state index in [2.05, 4.69) is 13.8 Å². The van der Waals surface area contributed by atoms with Crippen LogP contribution in [0.1, 0.15) is 66.2 Å². The first kappa shape index (κ1) is 25.8. The molecule has 0 radical (unpaired) electrons. The van der Waals surface area contributed by atoms with Gasteiger partial charge in [0.25, 0.3) is 0 Å². The Bertz CT molecular complexity index is 962. The Labute approximate surface area is 207 Å². The number of ketones is 2. The van der Waals surface area contributed by atoms with Crippen molar-refractivity contribution >= 4 is 23.5 Å². The molecule has 3 fully saturated rings. The lowest BCUT2D eigenvalue weighted by Crippen LogP contribution is -2.53. The van der Waals surface area contributed by atoms with Gasteiger partial charge in [-0.2, -0.15) is 0 Å². The first-order chi connectivity index (χ1) is 16.5. The van der Waals surface area contributed by atoms with E-state index >= 15 is 0 Å². The van der Waals surface area contributed by atoms with Gasteiger partial charge in [-0.15, -0.1) is 0 Å². The summed E-state index contributed by atoms with van der Waals surface area (Å²) in [6, 6.07) is 0. The van der Waals surface area contributed by atoms with Crippen LogP contribution in [0.15, 0.2) is 23.8 Å². The van der Waals surface area contributed by atoms with E-state index in [0.717, 1.165) is 37.7 Å². The molecule has 4 aliphatic rings. The van der Waals surface area contributed by atoms with Crippen molar-refractivity contribution in [2.75, 3.05) is 13.2 Å². The second-order valence-corrected chi connectivity index (χ2v) is 11.6. The number of carbonyl (C=O) groups is 4. The van der Waals surface area contributed by atoms with Gasteiger partial charge < -0.3 is 14.6 Å². The highest BCUT2D eigenvalue weighted by molar-refractivity contribution is 6.01.